The highest BCUT2D eigenvalue weighted by atomic mass is 19.1. The number of likely N-dealkylation sites (N-methyl/N-ethyl adjacent to an activating group) is 1. The molecule has 2 aromatic heterocycles. The van der Waals surface area contributed by atoms with Gasteiger partial charge in [0.1, 0.15) is 17.9 Å². The van der Waals surface area contributed by atoms with Crippen molar-refractivity contribution in [1.29, 1.82) is 5.26 Å². The molecule has 6 aromatic rings. The Morgan fingerprint density at radius 1 is 1.04 bits per heavy atom. The number of hydrogen-bond donors (Lipinski definition) is 2. The second kappa shape index (κ2) is 12.4. The normalized spacial score (nSPS) is 21.6. The number of aromatic nitrogens is 2. The number of hydrogen-bond acceptors (Lipinski definition) is 6. The molecular formula is C42H40FN5O2. The first kappa shape index (κ1) is 31.0. The molecule has 4 fully saturated rings. The van der Waals surface area contributed by atoms with Gasteiger partial charge in [-0.05, 0) is 96.9 Å². The monoisotopic (exact) mass is 665 g/mol. The second-order valence-electron chi connectivity index (χ2n) is 14.4. The number of rotatable bonds is 9. The van der Waals surface area contributed by atoms with Crippen molar-refractivity contribution < 1.29 is 14.2 Å². The molecule has 4 unspecified atom stereocenters. The van der Waals surface area contributed by atoms with Gasteiger partial charge in [-0.25, -0.2) is 9.37 Å². The summed E-state index contributed by atoms with van der Waals surface area (Å²) in [6.07, 6.45) is 4.64. The fraction of sp³-hybridized carbons (Fsp3) is 0.333. The van der Waals surface area contributed by atoms with Crippen molar-refractivity contribution in [3.63, 3.8) is 0 Å². The maximum absolute atomic E-state index is 17.6. The lowest BCUT2D eigenvalue weighted by atomic mass is 9.79. The number of nitrogens with one attached hydrogen (secondary N) is 1. The highest BCUT2D eigenvalue weighted by Gasteiger charge is 2.49. The molecule has 1 saturated carbocycles. The zero-order chi connectivity index (χ0) is 33.9. The molecular weight excluding hydrogens is 625 g/mol. The molecule has 0 radical (unpaired) electrons. The number of aryl methyl sites for hydroxylation is 1. The number of halogens is 1. The zero-order valence-electron chi connectivity index (χ0n) is 28.2. The van der Waals surface area contributed by atoms with E-state index in [0.29, 0.717) is 42.0 Å². The lowest BCUT2D eigenvalue weighted by Gasteiger charge is -2.38. The van der Waals surface area contributed by atoms with Crippen LogP contribution in [-0.2, 0) is 12.8 Å². The number of pyridine rings is 1. The van der Waals surface area contributed by atoms with Crippen LogP contribution in [0.3, 0.4) is 0 Å². The molecule has 10 rings (SSSR count). The van der Waals surface area contributed by atoms with E-state index in [1.807, 2.05) is 30.3 Å². The van der Waals surface area contributed by atoms with Crippen LogP contribution in [0.2, 0.25) is 0 Å². The molecule has 252 valence electrons. The van der Waals surface area contributed by atoms with E-state index >= 15 is 4.39 Å². The number of fused-ring (bicyclic) bond motifs is 5. The standard InChI is InChI=1S/C42H40FN5O2/c1-47-16-8-13-29(47)24-50-42-35-21-30(17-25-9-3-2-4-10-25)48(40-28-20-36(40)45-23-28)41(35)34-19-27(12-7-15-44)37(38(43)39(34)46-42)33-22-31(49)18-26-11-5-6-14-32(26)33/h2-6,9-11,14,18-19,21-22,28-29,36,40,45,49H,7-8,12-13,16-17,20,23-24H2,1H3. The van der Waals surface area contributed by atoms with E-state index in [1.165, 1.54) is 5.56 Å². The third kappa shape index (κ3) is 5.10. The van der Waals surface area contributed by atoms with Gasteiger partial charge in [0.25, 0.3) is 0 Å². The highest BCUT2D eigenvalue weighted by Crippen LogP contribution is 2.49. The minimum absolute atomic E-state index is 0.0601. The Morgan fingerprint density at radius 3 is 2.64 bits per heavy atom. The smallest absolute Gasteiger partial charge is 0.223 e. The molecule has 4 aliphatic rings. The number of nitrogens with zero attached hydrogens (tertiary/aromatic N) is 4. The first-order valence-electron chi connectivity index (χ1n) is 17.9. The number of aromatic hydroxyl groups is 1. The first-order valence-corrected chi connectivity index (χ1v) is 17.9. The Morgan fingerprint density at radius 2 is 1.88 bits per heavy atom. The Bertz CT molecular complexity index is 2300. The third-order valence-corrected chi connectivity index (χ3v) is 11.5. The Labute approximate surface area is 290 Å². The zero-order valence-corrected chi connectivity index (χ0v) is 28.2. The molecule has 2 N–H and O–H groups in total. The fourth-order valence-corrected chi connectivity index (χ4v) is 8.94. The van der Waals surface area contributed by atoms with Crippen molar-refractivity contribution >= 4 is 32.6 Å². The van der Waals surface area contributed by atoms with Crippen LogP contribution >= 0.6 is 0 Å². The third-order valence-electron chi connectivity index (χ3n) is 11.5. The second-order valence-corrected chi connectivity index (χ2v) is 14.4. The van der Waals surface area contributed by atoms with E-state index in [2.05, 4.69) is 64.3 Å². The summed E-state index contributed by atoms with van der Waals surface area (Å²) in [7, 11) is 2.13. The summed E-state index contributed by atoms with van der Waals surface area (Å²) >= 11 is 0. The molecule has 1 aliphatic carbocycles. The molecule has 8 heteroatoms. The van der Waals surface area contributed by atoms with Crippen molar-refractivity contribution in [3.8, 4) is 28.8 Å². The molecule has 5 heterocycles. The van der Waals surface area contributed by atoms with Gasteiger partial charge in [-0.15, -0.1) is 0 Å². The van der Waals surface area contributed by atoms with Crippen LogP contribution in [0.5, 0.6) is 11.6 Å². The molecule has 4 atom stereocenters. The van der Waals surface area contributed by atoms with Crippen LogP contribution < -0.4 is 10.1 Å². The van der Waals surface area contributed by atoms with Crippen LogP contribution in [0.15, 0.2) is 78.9 Å². The van der Waals surface area contributed by atoms with Gasteiger partial charge in [0, 0.05) is 48.1 Å². The number of likely N-dealkylation sites (tertiary alicyclic amines) is 1. The van der Waals surface area contributed by atoms with Crippen LogP contribution in [0, 0.1) is 23.1 Å². The van der Waals surface area contributed by atoms with Gasteiger partial charge in [-0.3, -0.25) is 0 Å². The molecule has 0 spiro atoms. The molecule has 50 heavy (non-hydrogen) atoms. The van der Waals surface area contributed by atoms with E-state index in [9.17, 15) is 10.4 Å². The minimum atomic E-state index is -0.456. The van der Waals surface area contributed by atoms with Gasteiger partial charge >= 0.3 is 0 Å². The Balaban J connectivity index is 1.34. The maximum Gasteiger partial charge on any atom is 0.223 e. The summed E-state index contributed by atoms with van der Waals surface area (Å²) in [6, 6.07) is 29.0. The number of ether oxygens (including phenoxy) is 1. The molecule has 4 aromatic carbocycles. The van der Waals surface area contributed by atoms with Gasteiger partial charge in [-0.2, -0.15) is 5.26 Å². The topological polar surface area (TPSA) is 86.3 Å². The van der Waals surface area contributed by atoms with Crippen LogP contribution in [-0.4, -0.2) is 58.4 Å². The van der Waals surface area contributed by atoms with Crippen LogP contribution in [0.25, 0.3) is 43.7 Å². The highest BCUT2D eigenvalue weighted by molar-refractivity contribution is 6.10. The summed E-state index contributed by atoms with van der Waals surface area (Å²) in [5.74, 6) is 0.550. The molecule has 0 amide bonds. The predicted molar refractivity (Wildman–Crippen MR) is 195 cm³/mol. The minimum Gasteiger partial charge on any atom is -0.508 e. The molecule has 3 saturated heterocycles. The van der Waals surface area contributed by atoms with Gasteiger partial charge in [-0.1, -0.05) is 54.6 Å². The number of phenols is 1. The van der Waals surface area contributed by atoms with Crippen LogP contribution in [0.4, 0.5) is 4.39 Å². The van der Waals surface area contributed by atoms with E-state index in [4.69, 9.17) is 9.72 Å². The summed E-state index contributed by atoms with van der Waals surface area (Å²) < 4.78 is 26.8. The van der Waals surface area contributed by atoms with Gasteiger partial charge in [0.2, 0.25) is 5.88 Å². The SMILES string of the molecule is CN1CCCC1COc1nc2c(F)c(-c3cc(O)cc4ccccc34)c(CCC#N)cc2c2c1cc(Cc1ccccc1)n2C1C2CNC1C2. The summed E-state index contributed by atoms with van der Waals surface area (Å²) in [5, 5.41) is 27.5. The van der Waals surface area contributed by atoms with Crippen LogP contribution in [0.1, 0.15) is 48.5 Å². The lowest BCUT2D eigenvalue weighted by molar-refractivity contribution is 0.195. The summed E-state index contributed by atoms with van der Waals surface area (Å²) in [5.41, 5.74) is 5.26. The van der Waals surface area contributed by atoms with Crippen molar-refractivity contribution in [2.45, 2.75) is 56.7 Å². The fourth-order valence-electron chi connectivity index (χ4n) is 8.94. The molecule has 7 nitrogen and oxygen atoms in total. The quantitative estimate of drug-likeness (QED) is 0.163. The number of nitriles is 1. The number of phenolic OH excluding ortho intramolecular Hbond substituents is 1. The van der Waals surface area contributed by atoms with Gasteiger partial charge in [0.15, 0.2) is 5.82 Å². The lowest BCUT2D eigenvalue weighted by Crippen LogP contribution is -2.39. The Kier molecular flexibility index (Phi) is 7.71. The summed E-state index contributed by atoms with van der Waals surface area (Å²) in [4.78, 5) is 7.37. The Hall–Kier alpha value is -4.97. The maximum atomic E-state index is 17.6. The van der Waals surface area contributed by atoms with E-state index < -0.39 is 5.82 Å². The van der Waals surface area contributed by atoms with E-state index in [1.54, 1.807) is 12.1 Å². The van der Waals surface area contributed by atoms with Gasteiger partial charge < -0.3 is 24.6 Å². The van der Waals surface area contributed by atoms with Crippen molar-refractivity contribution in [3.05, 3.63) is 102 Å². The van der Waals surface area contributed by atoms with Gasteiger partial charge in [0.05, 0.1) is 23.0 Å². The van der Waals surface area contributed by atoms with E-state index in [-0.39, 0.29) is 29.8 Å². The predicted octanol–water partition coefficient (Wildman–Crippen LogP) is 7.91. The number of benzene rings is 4. The van der Waals surface area contributed by atoms with Crippen molar-refractivity contribution in [1.82, 2.24) is 19.8 Å². The average Bonchev–Trinajstić information content (AvgIpc) is 3.93. The van der Waals surface area contributed by atoms with Crippen molar-refractivity contribution in [2.24, 2.45) is 5.92 Å². The first-order chi connectivity index (χ1) is 24.5. The van der Waals surface area contributed by atoms with E-state index in [0.717, 1.165) is 77.1 Å². The van der Waals surface area contributed by atoms with Crippen molar-refractivity contribution in [2.75, 3.05) is 26.7 Å². The average molecular weight is 666 g/mol. The largest absolute Gasteiger partial charge is 0.508 e. The molecule has 3 aliphatic heterocycles. The molecule has 2 bridgehead atoms. The summed E-state index contributed by atoms with van der Waals surface area (Å²) in [6.45, 7) is 2.48.